The summed E-state index contributed by atoms with van der Waals surface area (Å²) in [4.78, 5) is 0. The van der Waals surface area contributed by atoms with E-state index in [1.165, 1.54) is 19.3 Å². The first-order valence-electron chi connectivity index (χ1n) is 4.59. The van der Waals surface area contributed by atoms with Gasteiger partial charge in [0, 0.05) is 12.5 Å². The third-order valence-electron chi connectivity index (χ3n) is 2.76. The number of rotatable bonds is 1. The van der Waals surface area contributed by atoms with E-state index in [1.54, 1.807) is 0 Å². The Morgan fingerprint density at radius 1 is 1.18 bits per heavy atom. The van der Waals surface area contributed by atoms with Gasteiger partial charge in [0.15, 0.2) is 0 Å². The van der Waals surface area contributed by atoms with Gasteiger partial charge in [0.25, 0.3) is 0 Å². The van der Waals surface area contributed by atoms with E-state index in [2.05, 4.69) is 6.92 Å². The zero-order valence-electron chi connectivity index (χ0n) is 7.08. The SMILES string of the molecule is CC1CCC(C2CCOC2)O1. The third kappa shape index (κ3) is 1.57. The summed E-state index contributed by atoms with van der Waals surface area (Å²) in [6.45, 7) is 4.03. The first kappa shape index (κ1) is 7.56. The molecule has 0 bridgehead atoms. The van der Waals surface area contributed by atoms with Crippen LogP contribution in [0.3, 0.4) is 0 Å². The zero-order chi connectivity index (χ0) is 7.68. The molecule has 2 heterocycles. The van der Waals surface area contributed by atoms with Crippen molar-refractivity contribution in [1.29, 1.82) is 0 Å². The Labute approximate surface area is 67.9 Å². The molecule has 0 N–H and O–H groups in total. The Balaban J connectivity index is 1.85. The molecule has 2 fully saturated rings. The summed E-state index contributed by atoms with van der Waals surface area (Å²) in [5.74, 6) is 0.694. The van der Waals surface area contributed by atoms with Crippen molar-refractivity contribution in [1.82, 2.24) is 0 Å². The zero-order valence-corrected chi connectivity index (χ0v) is 7.08. The molecule has 2 rings (SSSR count). The molecule has 0 aliphatic carbocycles. The van der Waals surface area contributed by atoms with Crippen LogP contribution in [0.2, 0.25) is 0 Å². The van der Waals surface area contributed by atoms with Crippen LogP contribution in [0, 0.1) is 5.92 Å². The average molecular weight is 156 g/mol. The molecule has 0 amide bonds. The molecule has 11 heavy (non-hydrogen) atoms. The molecule has 0 aromatic carbocycles. The van der Waals surface area contributed by atoms with E-state index in [-0.39, 0.29) is 0 Å². The van der Waals surface area contributed by atoms with Gasteiger partial charge in [0.2, 0.25) is 0 Å². The second-order valence-electron chi connectivity index (χ2n) is 3.69. The summed E-state index contributed by atoms with van der Waals surface area (Å²) in [5, 5.41) is 0. The van der Waals surface area contributed by atoms with Gasteiger partial charge < -0.3 is 9.47 Å². The molecule has 2 saturated heterocycles. The minimum Gasteiger partial charge on any atom is -0.381 e. The maximum atomic E-state index is 5.77. The maximum Gasteiger partial charge on any atom is 0.0630 e. The van der Waals surface area contributed by atoms with Crippen molar-refractivity contribution in [3.63, 3.8) is 0 Å². The summed E-state index contributed by atoms with van der Waals surface area (Å²) in [6, 6.07) is 0. The first-order chi connectivity index (χ1) is 5.36. The maximum absolute atomic E-state index is 5.77. The van der Waals surface area contributed by atoms with Crippen LogP contribution in [0.4, 0.5) is 0 Å². The quantitative estimate of drug-likeness (QED) is 0.574. The Kier molecular flexibility index (Phi) is 2.14. The molecular formula is C9H16O2. The van der Waals surface area contributed by atoms with Crippen LogP contribution in [0.1, 0.15) is 26.2 Å². The van der Waals surface area contributed by atoms with Gasteiger partial charge in [-0.05, 0) is 26.2 Å². The van der Waals surface area contributed by atoms with Gasteiger partial charge in [-0.15, -0.1) is 0 Å². The molecule has 3 unspecified atom stereocenters. The van der Waals surface area contributed by atoms with Crippen LogP contribution in [0.25, 0.3) is 0 Å². The molecule has 0 radical (unpaired) electrons. The van der Waals surface area contributed by atoms with Crippen molar-refractivity contribution < 1.29 is 9.47 Å². The van der Waals surface area contributed by atoms with E-state index in [1.807, 2.05) is 0 Å². The van der Waals surface area contributed by atoms with Crippen molar-refractivity contribution in [3.05, 3.63) is 0 Å². The molecule has 2 aliphatic rings. The monoisotopic (exact) mass is 156 g/mol. The predicted molar refractivity (Wildman–Crippen MR) is 42.5 cm³/mol. The highest BCUT2D eigenvalue weighted by Crippen LogP contribution is 2.29. The Bertz CT molecular complexity index is 130. The lowest BCUT2D eigenvalue weighted by Crippen LogP contribution is -2.20. The fourth-order valence-electron chi connectivity index (χ4n) is 2.03. The van der Waals surface area contributed by atoms with Gasteiger partial charge in [0.1, 0.15) is 0 Å². The van der Waals surface area contributed by atoms with Crippen LogP contribution < -0.4 is 0 Å². The van der Waals surface area contributed by atoms with Crippen molar-refractivity contribution in [2.75, 3.05) is 13.2 Å². The fraction of sp³-hybridized carbons (Fsp3) is 1.00. The molecule has 0 aromatic heterocycles. The normalized spacial score (nSPS) is 45.0. The van der Waals surface area contributed by atoms with Crippen LogP contribution in [0.15, 0.2) is 0 Å². The topological polar surface area (TPSA) is 18.5 Å². The fourth-order valence-corrected chi connectivity index (χ4v) is 2.03. The molecule has 0 saturated carbocycles. The Hall–Kier alpha value is -0.0800. The van der Waals surface area contributed by atoms with E-state index in [9.17, 15) is 0 Å². The number of hydrogen-bond acceptors (Lipinski definition) is 2. The summed E-state index contributed by atoms with van der Waals surface area (Å²) < 4.78 is 11.1. The second-order valence-corrected chi connectivity index (χ2v) is 3.69. The summed E-state index contributed by atoms with van der Waals surface area (Å²) in [7, 11) is 0. The Morgan fingerprint density at radius 2 is 2.09 bits per heavy atom. The van der Waals surface area contributed by atoms with Gasteiger partial charge in [-0.3, -0.25) is 0 Å². The van der Waals surface area contributed by atoms with Crippen molar-refractivity contribution >= 4 is 0 Å². The van der Waals surface area contributed by atoms with Crippen LogP contribution in [0.5, 0.6) is 0 Å². The van der Waals surface area contributed by atoms with Crippen LogP contribution in [-0.2, 0) is 9.47 Å². The number of hydrogen-bond donors (Lipinski definition) is 0. The molecule has 3 atom stereocenters. The highest BCUT2D eigenvalue weighted by atomic mass is 16.5. The van der Waals surface area contributed by atoms with Crippen LogP contribution in [-0.4, -0.2) is 25.4 Å². The Morgan fingerprint density at radius 3 is 2.64 bits per heavy atom. The number of ether oxygens (including phenoxy) is 2. The van der Waals surface area contributed by atoms with Gasteiger partial charge in [-0.1, -0.05) is 0 Å². The molecule has 0 spiro atoms. The molecular weight excluding hydrogens is 140 g/mol. The van der Waals surface area contributed by atoms with Gasteiger partial charge in [-0.2, -0.15) is 0 Å². The molecule has 2 aliphatic heterocycles. The van der Waals surface area contributed by atoms with E-state index in [4.69, 9.17) is 9.47 Å². The summed E-state index contributed by atoms with van der Waals surface area (Å²) >= 11 is 0. The molecule has 0 aromatic rings. The lowest BCUT2D eigenvalue weighted by molar-refractivity contribution is 0.0159. The summed E-state index contributed by atoms with van der Waals surface area (Å²) in [5.41, 5.74) is 0. The van der Waals surface area contributed by atoms with Crippen molar-refractivity contribution in [2.45, 2.75) is 38.4 Å². The van der Waals surface area contributed by atoms with E-state index in [0.717, 1.165) is 13.2 Å². The highest BCUT2D eigenvalue weighted by Gasteiger charge is 2.31. The molecule has 2 heteroatoms. The standard InChI is InChI=1S/C9H16O2/c1-7-2-3-9(11-7)8-4-5-10-6-8/h7-9H,2-6H2,1H3. The lowest BCUT2D eigenvalue weighted by Gasteiger charge is -2.16. The average Bonchev–Trinajstić information content (AvgIpc) is 2.55. The van der Waals surface area contributed by atoms with Crippen LogP contribution >= 0.6 is 0 Å². The van der Waals surface area contributed by atoms with E-state index in [0.29, 0.717) is 18.1 Å². The first-order valence-corrected chi connectivity index (χ1v) is 4.59. The van der Waals surface area contributed by atoms with Gasteiger partial charge in [0.05, 0.1) is 18.8 Å². The van der Waals surface area contributed by atoms with Crippen molar-refractivity contribution in [2.24, 2.45) is 5.92 Å². The smallest absolute Gasteiger partial charge is 0.0630 e. The van der Waals surface area contributed by atoms with Gasteiger partial charge in [-0.25, -0.2) is 0 Å². The largest absolute Gasteiger partial charge is 0.381 e. The van der Waals surface area contributed by atoms with E-state index >= 15 is 0 Å². The molecule has 64 valence electrons. The minimum atomic E-state index is 0.487. The third-order valence-corrected chi connectivity index (χ3v) is 2.76. The lowest BCUT2D eigenvalue weighted by atomic mass is 9.99. The van der Waals surface area contributed by atoms with Crippen molar-refractivity contribution in [3.8, 4) is 0 Å². The second kappa shape index (κ2) is 3.11. The summed E-state index contributed by atoms with van der Waals surface area (Å²) in [6.07, 6.45) is 4.68. The molecule has 2 nitrogen and oxygen atoms in total. The predicted octanol–water partition coefficient (Wildman–Crippen LogP) is 1.59. The van der Waals surface area contributed by atoms with Gasteiger partial charge >= 0.3 is 0 Å². The minimum absolute atomic E-state index is 0.487. The highest BCUT2D eigenvalue weighted by molar-refractivity contribution is 4.79. The van der Waals surface area contributed by atoms with E-state index < -0.39 is 0 Å².